The molecule has 4 heterocycles. The first-order chi connectivity index (χ1) is 14.8. The molecule has 0 aliphatic heterocycles. The fourth-order valence-electron chi connectivity index (χ4n) is 3.67. The first kappa shape index (κ1) is 19.7. The van der Waals surface area contributed by atoms with Gasteiger partial charge in [-0.1, -0.05) is 0 Å². The summed E-state index contributed by atoms with van der Waals surface area (Å²) in [6.07, 6.45) is 1.76. The molecule has 1 saturated carbocycles. The maximum atomic E-state index is 13.9. The summed E-state index contributed by atoms with van der Waals surface area (Å²) in [5.74, 6) is -2.78. The van der Waals surface area contributed by atoms with Crippen LogP contribution in [0.3, 0.4) is 0 Å². The number of nitrogens with one attached hydrogen (secondary N) is 1. The van der Waals surface area contributed by atoms with Gasteiger partial charge < -0.3 is 9.88 Å². The minimum Gasteiger partial charge on any atom is -0.347 e. The molecule has 0 amide bonds. The second kappa shape index (κ2) is 7.17. The quantitative estimate of drug-likeness (QED) is 0.443. The van der Waals surface area contributed by atoms with E-state index in [9.17, 15) is 17.6 Å². The number of nitrogens with zero attached hydrogens (tertiary/aromatic N) is 6. The van der Waals surface area contributed by atoms with Crippen molar-refractivity contribution >= 4 is 22.6 Å². The van der Waals surface area contributed by atoms with Gasteiger partial charge in [0.2, 0.25) is 5.95 Å². The van der Waals surface area contributed by atoms with Crippen LogP contribution in [0.25, 0.3) is 27.9 Å². The molecular weight excluding hydrogens is 414 g/mol. The highest BCUT2D eigenvalue weighted by Gasteiger charge is 2.46. The predicted molar refractivity (Wildman–Crippen MR) is 106 cm³/mol. The van der Waals surface area contributed by atoms with Crippen LogP contribution in [-0.2, 0) is 6.54 Å². The Bertz CT molecular complexity index is 1260. The van der Waals surface area contributed by atoms with Crippen LogP contribution in [0.1, 0.15) is 18.7 Å². The first-order valence-corrected chi connectivity index (χ1v) is 9.90. The number of hydrogen-bond donors (Lipinski definition) is 1. The summed E-state index contributed by atoms with van der Waals surface area (Å²) in [5.41, 5.74) is 2.76. The van der Waals surface area contributed by atoms with Gasteiger partial charge in [0.05, 0.1) is 30.5 Å². The number of imidazole rings is 1. The van der Waals surface area contributed by atoms with Gasteiger partial charge in [0.25, 0.3) is 12.3 Å². The molecule has 0 spiro atoms. The van der Waals surface area contributed by atoms with Gasteiger partial charge in [-0.2, -0.15) is 0 Å². The fourth-order valence-corrected chi connectivity index (χ4v) is 3.67. The van der Waals surface area contributed by atoms with Crippen molar-refractivity contribution in [2.75, 3.05) is 11.9 Å². The van der Waals surface area contributed by atoms with Crippen LogP contribution in [0.2, 0.25) is 0 Å². The van der Waals surface area contributed by atoms with Gasteiger partial charge in [0.15, 0.2) is 5.65 Å². The van der Waals surface area contributed by atoms with Gasteiger partial charge in [0.1, 0.15) is 11.3 Å². The summed E-state index contributed by atoms with van der Waals surface area (Å²) in [6.45, 7) is 0.661. The normalized spacial score (nSPS) is 14.8. The van der Waals surface area contributed by atoms with Gasteiger partial charge >= 0.3 is 0 Å². The van der Waals surface area contributed by atoms with E-state index >= 15 is 0 Å². The number of rotatable bonds is 7. The van der Waals surface area contributed by atoms with Gasteiger partial charge in [-0.15, -0.1) is 5.10 Å². The van der Waals surface area contributed by atoms with E-state index in [-0.39, 0.29) is 5.95 Å². The minimum absolute atomic E-state index is 0.101. The standard InChI is InChI=1S/C20H19F4N7/c1-11-27-15-5-4-14(28-18(15)30(11)9-17(21)22)13-6-7-31-16(13)8-25-19(29-31)26-10-20(23,24)12-2-3-12/h4-8,12,17H,2-3,9-10H2,1H3,(H,26,29). The summed E-state index contributed by atoms with van der Waals surface area (Å²) < 4.78 is 56.6. The molecule has 1 fully saturated rings. The van der Waals surface area contributed by atoms with Crippen molar-refractivity contribution in [3.8, 4) is 11.3 Å². The Kier molecular flexibility index (Phi) is 4.56. The molecule has 4 aromatic heterocycles. The second-order valence-corrected chi connectivity index (χ2v) is 7.73. The van der Waals surface area contributed by atoms with E-state index in [1.54, 1.807) is 31.3 Å². The molecular formula is C20H19F4N7. The molecule has 162 valence electrons. The smallest absolute Gasteiger partial charge is 0.267 e. The topological polar surface area (TPSA) is 72.9 Å². The summed E-state index contributed by atoms with van der Waals surface area (Å²) in [4.78, 5) is 13.0. The summed E-state index contributed by atoms with van der Waals surface area (Å²) in [6, 6.07) is 5.24. The van der Waals surface area contributed by atoms with Crippen LogP contribution in [0.5, 0.6) is 0 Å². The van der Waals surface area contributed by atoms with Crippen LogP contribution < -0.4 is 5.32 Å². The third-order valence-electron chi connectivity index (χ3n) is 5.45. The van der Waals surface area contributed by atoms with Crippen LogP contribution in [0, 0.1) is 12.8 Å². The molecule has 0 atom stereocenters. The van der Waals surface area contributed by atoms with E-state index in [0.29, 0.717) is 46.6 Å². The molecule has 0 bridgehead atoms. The van der Waals surface area contributed by atoms with E-state index < -0.39 is 31.4 Å². The molecule has 1 aliphatic rings. The van der Waals surface area contributed by atoms with Gasteiger partial charge in [-0.05, 0) is 38.0 Å². The van der Waals surface area contributed by atoms with Crippen molar-refractivity contribution < 1.29 is 17.6 Å². The Hall–Kier alpha value is -3.24. The number of alkyl halides is 4. The van der Waals surface area contributed by atoms with Crippen LogP contribution in [0.15, 0.2) is 30.6 Å². The van der Waals surface area contributed by atoms with Crippen molar-refractivity contribution in [3.63, 3.8) is 0 Å². The van der Waals surface area contributed by atoms with E-state index in [2.05, 4.69) is 25.4 Å². The monoisotopic (exact) mass is 433 g/mol. The number of fused-ring (bicyclic) bond motifs is 2. The second-order valence-electron chi connectivity index (χ2n) is 7.73. The molecule has 5 rings (SSSR count). The zero-order valence-electron chi connectivity index (χ0n) is 16.6. The SMILES string of the molecule is Cc1nc2ccc(-c3ccn4nc(NCC(F)(F)C5CC5)ncc34)nc2n1CC(F)F. The lowest BCUT2D eigenvalue weighted by Gasteiger charge is -2.15. The Morgan fingerprint density at radius 1 is 1.19 bits per heavy atom. The first-order valence-electron chi connectivity index (χ1n) is 9.90. The Labute approximate surface area is 174 Å². The fraction of sp³-hybridized carbons (Fsp3) is 0.400. The molecule has 1 N–H and O–H groups in total. The van der Waals surface area contributed by atoms with E-state index in [0.717, 1.165) is 0 Å². The van der Waals surface area contributed by atoms with E-state index in [1.807, 2.05) is 0 Å². The van der Waals surface area contributed by atoms with E-state index in [4.69, 9.17) is 0 Å². The average Bonchev–Trinajstić information content (AvgIpc) is 3.45. The summed E-state index contributed by atoms with van der Waals surface area (Å²) in [7, 11) is 0. The van der Waals surface area contributed by atoms with Gasteiger partial charge in [-0.25, -0.2) is 37.0 Å². The lowest BCUT2D eigenvalue weighted by atomic mass is 10.2. The van der Waals surface area contributed by atoms with Crippen molar-refractivity contribution in [2.24, 2.45) is 5.92 Å². The highest BCUT2D eigenvalue weighted by Crippen LogP contribution is 2.43. The zero-order chi connectivity index (χ0) is 21.8. The summed E-state index contributed by atoms with van der Waals surface area (Å²) in [5, 5.41) is 6.85. The maximum Gasteiger partial charge on any atom is 0.267 e. The molecule has 0 unspecified atom stereocenters. The Morgan fingerprint density at radius 3 is 2.74 bits per heavy atom. The summed E-state index contributed by atoms with van der Waals surface area (Å²) >= 11 is 0. The lowest BCUT2D eigenvalue weighted by Crippen LogP contribution is -2.30. The average molecular weight is 433 g/mol. The van der Waals surface area contributed by atoms with Crippen molar-refractivity contribution in [1.82, 2.24) is 29.1 Å². The third kappa shape index (κ3) is 3.68. The van der Waals surface area contributed by atoms with Gasteiger partial charge in [-0.3, -0.25) is 0 Å². The van der Waals surface area contributed by atoms with Crippen molar-refractivity contribution in [1.29, 1.82) is 0 Å². The molecule has 0 aromatic carbocycles. The maximum absolute atomic E-state index is 13.9. The van der Waals surface area contributed by atoms with Crippen LogP contribution >= 0.6 is 0 Å². The third-order valence-corrected chi connectivity index (χ3v) is 5.45. The number of hydrogen-bond acceptors (Lipinski definition) is 5. The molecule has 11 heteroatoms. The Morgan fingerprint density at radius 2 is 2.00 bits per heavy atom. The van der Waals surface area contributed by atoms with Gasteiger partial charge in [0, 0.05) is 17.7 Å². The largest absolute Gasteiger partial charge is 0.347 e. The minimum atomic E-state index is -2.78. The van der Waals surface area contributed by atoms with Crippen molar-refractivity contribution in [3.05, 3.63) is 36.4 Å². The molecule has 1 aliphatic carbocycles. The molecule has 0 radical (unpaired) electrons. The highest BCUT2D eigenvalue weighted by atomic mass is 19.3. The number of aryl methyl sites for hydroxylation is 1. The lowest BCUT2D eigenvalue weighted by molar-refractivity contribution is -0.00834. The predicted octanol–water partition coefficient (Wildman–Crippen LogP) is 4.17. The van der Waals surface area contributed by atoms with Crippen molar-refractivity contribution in [2.45, 2.75) is 38.7 Å². The number of anilines is 1. The number of pyridine rings is 1. The molecule has 31 heavy (non-hydrogen) atoms. The molecule has 0 saturated heterocycles. The van der Waals surface area contributed by atoms with Crippen LogP contribution in [-0.4, -0.2) is 48.0 Å². The molecule has 7 nitrogen and oxygen atoms in total. The van der Waals surface area contributed by atoms with Crippen LogP contribution in [0.4, 0.5) is 23.5 Å². The zero-order valence-corrected chi connectivity index (χ0v) is 16.6. The Balaban J connectivity index is 1.45. The molecule has 4 aromatic rings. The highest BCUT2D eigenvalue weighted by molar-refractivity contribution is 5.82. The number of aromatic nitrogens is 6. The number of halogens is 4. The van der Waals surface area contributed by atoms with E-state index in [1.165, 1.54) is 15.3 Å².